The summed E-state index contributed by atoms with van der Waals surface area (Å²) in [4.78, 5) is 50.5. The van der Waals surface area contributed by atoms with E-state index in [2.05, 4.69) is 15.3 Å². The summed E-state index contributed by atoms with van der Waals surface area (Å²) in [7, 11) is 1.50. The highest BCUT2D eigenvalue weighted by atomic mass is 19.3. The highest BCUT2D eigenvalue weighted by Crippen LogP contribution is 2.65. The number of amides is 2. The van der Waals surface area contributed by atoms with E-state index < -0.39 is 58.6 Å². The molecular formula is C33H42F2N4O6. The number of methoxy groups -OCH3 is 1. The summed E-state index contributed by atoms with van der Waals surface area (Å²) < 4.78 is 50.7. The van der Waals surface area contributed by atoms with Gasteiger partial charge in [0.25, 0.3) is 0 Å². The Hall–Kier alpha value is -3.57. The Kier molecular flexibility index (Phi) is 7.71. The van der Waals surface area contributed by atoms with Gasteiger partial charge in [0.05, 0.1) is 30.7 Å². The smallest absolute Gasteiger partial charge is 0.408 e. The van der Waals surface area contributed by atoms with Crippen LogP contribution in [0, 0.1) is 22.7 Å². The van der Waals surface area contributed by atoms with Gasteiger partial charge >= 0.3 is 12.0 Å². The molecule has 244 valence electrons. The fourth-order valence-electron chi connectivity index (χ4n) is 7.09. The van der Waals surface area contributed by atoms with Gasteiger partial charge in [0.15, 0.2) is 11.5 Å². The van der Waals surface area contributed by atoms with Crippen LogP contribution in [0.15, 0.2) is 18.2 Å². The van der Waals surface area contributed by atoms with Gasteiger partial charge < -0.3 is 24.4 Å². The SMILES string of the molecule is COc1ccc2nc3c(nc2c1)O[C@H]1CN(C(=O)[C@H](C(C)(C)C)NC(=O)O[C@@H]2C[C@H]2CCCC2(CC2)C3(F)F)[C@H](C(C)=O)[C@@H]1C. The van der Waals surface area contributed by atoms with E-state index in [1.807, 2.05) is 20.8 Å². The second kappa shape index (κ2) is 11.0. The van der Waals surface area contributed by atoms with Crippen molar-refractivity contribution in [2.45, 2.75) is 103 Å². The molecule has 2 aliphatic carbocycles. The van der Waals surface area contributed by atoms with E-state index in [-0.39, 0.29) is 42.2 Å². The maximum atomic E-state index is 16.7. The number of carbonyl (C=O) groups is 3. The number of alkyl halides is 2. The minimum absolute atomic E-state index is 0.0633. The van der Waals surface area contributed by atoms with Crippen LogP contribution in [0.25, 0.3) is 11.0 Å². The number of hydrogen-bond acceptors (Lipinski definition) is 8. The van der Waals surface area contributed by atoms with Crippen molar-refractivity contribution in [3.8, 4) is 11.6 Å². The fraction of sp³-hybridized carbons (Fsp3) is 0.667. The molecule has 1 aromatic carbocycles. The van der Waals surface area contributed by atoms with Crippen LogP contribution in [0.1, 0.15) is 78.8 Å². The number of benzene rings is 1. The lowest BCUT2D eigenvalue weighted by atomic mass is 9.85. The van der Waals surface area contributed by atoms with Gasteiger partial charge in [0.1, 0.15) is 24.0 Å². The Morgan fingerprint density at radius 3 is 2.47 bits per heavy atom. The van der Waals surface area contributed by atoms with E-state index in [4.69, 9.17) is 14.2 Å². The van der Waals surface area contributed by atoms with Crippen molar-refractivity contribution < 1.29 is 37.4 Å². The third-order valence-electron chi connectivity index (χ3n) is 10.1. The molecule has 2 amide bonds. The number of halogens is 2. The monoisotopic (exact) mass is 628 g/mol. The van der Waals surface area contributed by atoms with Gasteiger partial charge in [-0.15, -0.1) is 0 Å². The maximum absolute atomic E-state index is 16.7. The molecule has 2 saturated carbocycles. The lowest BCUT2D eigenvalue weighted by Crippen LogP contribution is -2.57. The van der Waals surface area contributed by atoms with E-state index in [0.717, 1.165) is 0 Å². The minimum atomic E-state index is -3.34. The predicted octanol–water partition coefficient (Wildman–Crippen LogP) is 5.41. The van der Waals surface area contributed by atoms with Crippen molar-refractivity contribution in [2.75, 3.05) is 13.7 Å². The number of carbonyl (C=O) groups excluding carboxylic acids is 3. The number of aromatic nitrogens is 2. The average molecular weight is 629 g/mol. The quantitative estimate of drug-likeness (QED) is 0.469. The van der Waals surface area contributed by atoms with E-state index in [1.165, 1.54) is 18.9 Å². The standard InChI is InChI=1S/C33H42F2N4O6/c1-17-24-16-39(25(17)18(2)40)29(41)27(31(3,4)5)38-30(42)45-23-14-19(23)8-7-11-32(12-13-32)33(34,35)26-28(44-24)37-22-15-20(43-6)9-10-21(22)36-26/h9-10,15,17,19,23-25,27H,7-8,11-14,16H2,1-6H3,(H,38,42)/t17-,19-,23-,24+,25+,27-/m1/s1. The molecule has 0 unspecified atom stereocenters. The van der Waals surface area contributed by atoms with Crippen molar-refractivity contribution in [1.82, 2.24) is 20.2 Å². The Bertz CT molecular complexity index is 1520. The summed E-state index contributed by atoms with van der Waals surface area (Å²) in [6.07, 6.45) is 0.968. The van der Waals surface area contributed by atoms with Crippen molar-refractivity contribution in [2.24, 2.45) is 22.7 Å². The molecule has 1 aromatic heterocycles. The number of nitrogens with one attached hydrogen (secondary N) is 1. The van der Waals surface area contributed by atoms with Crippen molar-refractivity contribution in [3.05, 3.63) is 23.9 Å². The number of rotatable bonds is 2. The number of nitrogens with zero attached hydrogens (tertiary/aromatic N) is 3. The normalized spacial score (nSPS) is 31.1. The van der Waals surface area contributed by atoms with Crippen LogP contribution in [-0.2, 0) is 20.2 Å². The number of ketones is 1. The zero-order valence-electron chi connectivity index (χ0n) is 26.7. The molecule has 3 heterocycles. The second-order valence-corrected chi connectivity index (χ2v) is 14.4. The predicted molar refractivity (Wildman–Crippen MR) is 160 cm³/mol. The zero-order valence-corrected chi connectivity index (χ0v) is 26.7. The molecule has 2 aromatic rings. The van der Waals surface area contributed by atoms with Crippen molar-refractivity contribution in [3.63, 3.8) is 0 Å². The largest absolute Gasteiger partial charge is 0.497 e. The van der Waals surface area contributed by atoms with Crippen LogP contribution in [0.2, 0.25) is 0 Å². The van der Waals surface area contributed by atoms with Gasteiger partial charge in [-0.05, 0) is 62.5 Å². The molecule has 6 rings (SSSR count). The molecule has 0 radical (unpaired) electrons. The van der Waals surface area contributed by atoms with E-state index in [9.17, 15) is 14.4 Å². The van der Waals surface area contributed by atoms with Gasteiger partial charge in [-0.3, -0.25) is 9.59 Å². The Morgan fingerprint density at radius 1 is 1.09 bits per heavy atom. The topological polar surface area (TPSA) is 120 Å². The summed E-state index contributed by atoms with van der Waals surface area (Å²) in [6, 6.07) is 2.96. The van der Waals surface area contributed by atoms with Crippen LogP contribution in [0.3, 0.4) is 0 Å². The molecule has 10 nitrogen and oxygen atoms in total. The van der Waals surface area contributed by atoms with Crippen LogP contribution < -0.4 is 14.8 Å². The highest BCUT2D eigenvalue weighted by molar-refractivity contribution is 5.92. The molecule has 6 atom stereocenters. The Labute approximate surface area is 261 Å². The fourth-order valence-corrected chi connectivity index (χ4v) is 7.09. The Morgan fingerprint density at radius 2 is 1.82 bits per heavy atom. The van der Waals surface area contributed by atoms with Gasteiger partial charge in [-0.1, -0.05) is 34.1 Å². The molecule has 45 heavy (non-hydrogen) atoms. The first-order chi connectivity index (χ1) is 21.1. The molecule has 2 aliphatic heterocycles. The number of ether oxygens (including phenoxy) is 3. The summed E-state index contributed by atoms with van der Waals surface area (Å²) in [5.74, 6) is -4.39. The maximum Gasteiger partial charge on any atom is 0.408 e. The molecule has 1 spiro atoms. The van der Waals surface area contributed by atoms with E-state index in [1.54, 1.807) is 25.1 Å². The highest BCUT2D eigenvalue weighted by Gasteiger charge is 2.64. The summed E-state index contributed by atoms with van der Waals surface area (Å²) >= 11 is 0. The van der Waals surface area contributed by atoms with Crippen LogP contribution in [-0.4, -0.2) is 70.6 Å². The van der Waals surface area contributed by atoms with Gasteiger partial charge in [0, 0.05) is 17.4 Å². The van der Waals surface area contributed by atoms with Crippen molar-refractivity contribution in [1.29, 1.82) is 0 Å². The lowest BCUT2D eigenvalue weighted by molar-refractivity contribution is -0.141. The second-order valence-electron chi connectivity index (χ2n) is 14.4. The third-order valence-corrected chi connectivity index (χ3v) is 10.1. The summed E-state index contributed by atoms with van der Waals surface area (Å²) in [5, 5.41) is 2.77. The molecule has 1 saturated heterocycles. The lowest BCUT2D eigenvalue weighted by Gasteiger charge is -2.35. The van der Waals surface area contributed by atoms with Crippen LogP contribution in [0.5, 0.6) is 11.6 Å². The summed E-state index contributed by atoms with van der Waals surface area (Å²) in [6.45, 7) is 8.54. The van der Waals surface area contributed by atoms with Gasteiger partial charge in [-0.25, -0.2) is 14.8 Å². The number of Topliss-reactive ketones (excluding diaryl/α,β-unsaturated/α-hetero) is 1. The first-order valence-electron chi connectivity index (χ1n) is 15.8. The van der Waals surface area contributed by atoms with Crippen LogP contribution >= 0.6 is 0 Å². The molecule has 1 N–H and O–H groups in total. The zero-order chi connectivity index (χ0) is 32.5. The first-order valence-corrected chi connectivity index (χ1v) is 15.8. The molecule has 3 fully saturated rings. The number of hydrogen-bond donors (Lipinski definition) is 1. The number of fused-ring (bicyclic) bond motifs is 5. The molecular weight excluding hydrogens is 586 g/mol. The third kappa shape index (κ3) is 5.69. The molecule has 12 heteroatoms. The van der Waals surface area contributed by atoms with E-state index >= 15 is 8.78 Å². The minimum Gasteiger partial charge on any atom is -0.497 e. The molecule has 4 aliphatic rings. The molecule has 2 bridgehead atoms. The van der Waals surface area contributed by atoms with Gasteiger partial charge in [-0.2, -0.15) is 8.78 Å². The number of alkyl carbamates (subject to hydrolysis) is 1. The first kappa shape index (κ1) is 31.4. The summed E-state index contributed by atoms with van der Waals surface area (Å²) in [5.41, 5.74) is -1.91. The van der Waals surface area contributed by atoms with Crippen molar-refractivity contribution >= 4 is 28.8 Å². The van der Waals surface area contributed by atoms with E-state index in [0.29, 0.717) is 43.4 Å². The average Bonchev–Trinajstić information content (AvgIpc) is 3.89. The Balaban J connectivity index is 1.44. The van der Waals surface area contributed by atoms with Crippen LogP contribution in [0.4, 0.5) is 13.6 Å². The van der Waals surface area contributed by atoms with Gasteiger partial charge in [0.2, 0.25) is 11.8 Å².